The fraction of sp³-hybridized carbons (Fsp3) is 0.556. The van der Waals surface area contributed by atoms with Crippen LogP contribution in [-0.2, 0) is 0 Å². The topological polar surface area (TPSA) is 0 Å². The summed E-state index contributed by atoms with van der Waals surface area (Å²) in [5.41, 5.74) is 3.18. The Morgan fingerprint density at radius 1 is 1.06 bits per heavy atom. The molecule has 1 atom stereocenters. The van der Waals surface area contributed by atoms with E-state index >= 15 is 0 Å². The third-order valence-electron chi connectivity index (χ3n) is 4.12. The van der Waals surface area contributed by atoms with Gasteiger partial charge in [0.1, 0.15) is 0 Å². The van der Waals surface area contributed by atoms with Gasteiger partial charge in [0, 0.05) is 0 Å². The van der Waals surface area contributed by atoms with Crippen molar-refractivity contribution in [2.24, 2.45) is 10.8 Å². The van der Waals surface area contributed by atoms with Gasteiger partial charge in [-0.05, 0) is 35.7 Å². The van der Waals surface area contributed by atoms with Crippen LogP contribution in [0.2, 0.25) is 0 Å². The highest BCUT2D eigenvalue weighted by atomic mass is 14.4. The minimum atomic E-state index is 0.188. The van der Waals surface area contributed by atoms with Gasteiger partial charge in [-0.15, -0.1) is 0 Å². The Labute approximate surface area is 113 Å². The third kappa shape index (κ3) is 3.73. The lowest BCUT2D eigenvalue weighted by Crippen LogP contribution is -2.25. The highest BCUT2D eigenvalue weighted by Crippen LogP contribution is 2.45. The Balaban J connectivity index is 3.06. The summed E-state index contributed by atoms with van der Waals surface area (Å²) in [5, 5.41) is 0. The van der Waals surface area contributed by atoms with Crippen molar-refractivity contribution < 1.29 is 0 Å². The molecule has 1 rings (SSSR count). The van der Waals surface area contributed by atoms with E-state index in [2.05, 4.69) is 78.5 Å². The summed E-state index contributed by atoms with van der Waals surface area (Å²) in [4.78, 5) is 0. The van der Waals surface area contributed by atoms with E-state index in [0.29, 0.717) is 5.92 Å². The molecule has 0 amide bonds. The molecule has 0 bridgehead atoms. The molecule has 0 spiro atoms. The van der Waals surface area contributed by atoms with E-state index in [1.165, 1.54) is 11.1 Å². The number of allylic oxidation sites excluding steroid dienone is 1. The summed E-state index contributed by atoms with van der Waals surface area (Å²) in [7, 11) is 0. The average molecular weight is 244 g/mol. The summed E-state index contributed by atoms with van der Waals surface area (Å²) < 4.78 is 0. The minimum Gasteiger partial charge on any atom is -0.0996 e. The average Bonchev–Trinajstić information content (AvgIpc) is 2.25. The molecule has 0 nitrogen and oxygen atoms in total. The first-order valence-electron chi connectivity index (χ1n) is 6.85. The van der Waals surface area contributed by atoms with E-state index in [0.717, 1.165) is 6.42 Å². The SMILES string of the molecule is C=C(C)C(C)(C)CC(c1ccccc1)C(C)(C)C. The van der Waals surface area contributed by atoms with Gasteiger partial charge in [-0.3, -0.25) is 0 Å². The molecule has 0 heteroatoms. The molecular formula is C18H28. The molecule has 100 valence electrons. The first-order chi connectivity index (χ1) is 8.14. The van der Waals surface area contributed by atoms with Gasteiger partial charge in [0.25, 0.3) is 0 Å². The molecule has 1 aromatic carbocycles. The molecule has 0 N–H and O–H groups in total. The van der Waals surface area contributed by atoms with Crippen molar-refractivity contribution in [3.8, 4) is 0 Å². The summed E-state index contributed by atoms with van der Waals surface area (Å²) in [6.45, 7) is 17.9. The van der Waals surface area contributed by atoms with E-state index in [4.69, 9.17) is 0 Å². The van der Waals surface area contributed by atoms with Crippen LogP contribution in [-0.4, -0.2) is 0 Å². The fourth-order valence-corrected chi connectivity index (χ4v) is 2.29. The van der Waals surface area contributed by atoms with Crippen LogP contribution < -0.4 is 0 Å². The van der Waals surface area contributed by atoms with E-state index in [1.807, 2.05) is 0 Å². The molecule has 0 fully saturated rings. The van der Waals surface area contributed by atoms with Crippen molar-refractivity contribution in [2.45, 2.75) is 53.9 Å². The number of hydrogen-bond donors (Lipinski definition) is 0. The van der Waals surface area contributed by atoms with Crippen LogP contribution >= 0.6 is 0 Å². The fourth-order valence-electron chi connectivity index (χ4n) is 2.29. The molecule has 0 radical (unpaired) electrons. The zero-order chi connectivity index (χ0) is 14.0. The predicted octanol–water partition coefficient (Wildman–Crippen LogP) is 5.81. The standard InChI is InChI=1S/C18H28/c1-14(2)18(6,7)13-16(17(3,4)5)15-11-9-8-10-12-15/h8-12,16H,1,13H2,2-7H3. The third-order valence-corrected chi connectivity index (χ3v) is 4.12. The van der Waals surface area contributed by atoms with Gasteiger partial charge >= 0.3 is 0 Å². The number of benzene rings is 1. The Bertz CT molecular complexity index is 390. The Morgan fingerprint density at radius 2 is 1.56 bits per heavy atom. The lowest BCUT2D eigenvalue weighted by molar-refractivity contribution is 0.240. The summed E-state index contributed by atoms with van der Waals surface area (Å²) in [6, 6.07) is 10.9. The number of rotatable bonds is 4. The van der Waals surface area contributed by atoms with Crippen molar-refractivity contribution in [1.29, 1.82) is 0 Å². The van der Waals surface area contributed by atoms with Crippen LogP contribution in [0, 0.1) is 10.8 Å². The van der Waals surface area contributed by atoms with Crippen LogP contribution in [0.5, 0.6) is 0 Å². The Hall–Kier alpha value is -1.04. The van der Waals surface area contributed by atoms with Gasteiger partial charge in [-0.25, -0.2) is 0 Å². The number of hydrogen-bond acceptors (Lipinski definition) is 0. The maximum Gasteiger partial charge on any atom is -0.0105 e. The normalized spacial score (nSPS) is 14.3. The minimum absolute atomic E-state index is 0.188. The van der Waals surface area contributed by atoms with Crippen molar-refractivity contribution >= 4 is 0 Å². The molecule has 0 heterocycles. The molecular weight excluding hydrogens is 216 g/mol. The van der Waals surface area contributed by atoms with Crippen LogP contribution in [0.15, 0.2) is 42.5 Å². The highest BCUT2D eigenvalue weighted by Gasteiger charge is 2.32. The van der Waals surface area contributed by atoms with Gasteiger partial charge in [0.15, 0.2) is 0 Å². The molecule has 0 aliphatic rings. The van der Waals surface area contributed by atoms with E-state index < -0.39 is 0 Å². The lowest BCUT2D eigenvalue weighted by atomic mass is 9.67. The monoisotopic (exact) mass is 244 g/mol. The van der Waals surface area contributed by atoms with Gasteiger partial charge < -0.3 is 0 Å². The molecule has 0 aliphatic carbocycles. The van der Waals surface area contributed by atoms with Crippen molar-refractivity contribution in [2.75, 3.05) is 0 Å². The molecule has 1 unspecified atom stereocenters. The van der Waals surface area contributed by atoms with E-state index in [1.54, 1.807) is 0 Å². The smallest absolute Gasteiger partial charge is 0.0105 e. The zero-order valence-corrected chi connectivity index (χ0v) is 12.9. The quantitative estimate of drug-likeness (QED) is 0.586. The maximum atomic E-state index is 4.16. The lowest BCUT2D eigenvalue weighted by Gasteiger charge is -2.38. The van der Waals surface area contributed by atoms with Crippen LogP contribution in [0.25, 0.3) is 0 Å². The molecule has 18 heavy (non-hydrogen) atoms. The second-order valence-corrected chi connectivity index (χ2v) is 7.20. The Kier molecular flexibility index (Phi) is 4.42. The van der Waals surface area contributed by atoms with Gasteiger partial charge in [-0.2, -0.15) is 0 Å². The second kappa shape index (κ2) is 5.30. The first-order valence-corrected chi connectivity index (χ1v) is 6.85. The first kappa shape index (κ1) is 15.0. The molecule has 0 saturated carbocycles. The second-order valence-electron chi connectivity index (χ2n) is 7.20. The van der Waals surface area contributed by atoms with Crippen LogP contribution in [0.4, 0.5) is 0 Å². The van der Waals surface area contributed by atoms with E-state index in [9.17, 15) is 0 Å². The van der Waals surface area contributed by atoms with Crippen molar-refractivity contribution in [3.63, 3.8) is 0 Å². The van der Waals surface area contributed by atoms with Gasteiger partial charge in [0.05, 0.1) is 0 Å². The zero-order valence-electron chi connectivity index (χ0n) is 12.9. The predicted molar refractivity (Wildman–Crippen MR) is 81.9 cm³/mol. The van der Waals surface area contributed by atoms with Crippen molar-refractivity contribution in [3.05, 3.63) is 48.0 Å². The van der Waals surface area contributed by atoms with Crippen molar-refractivity contribution in [1.82, 2.24) is 0 Å². The van der Waals surface area contributed by atoms with Crippen LogP contribution in [0.1, 0.15) is 59.4 Å². The summed E-state index contributed by atoms with van der Waals surface area (Å²) in [5.74, 6) is 0.561. The van der Waals surface area contributed by atoms with E-state index in [-0.39, 0.29) is 10.8 Å². The molecule has 0 aromatic heterocycles. The largest absolute Gasteiger partial charge is 0.0996 e. The summed E-state index contributed by atoms with van der Waals surface area (Å²) in [6.07, 6.45) is 1.15. The van der Waals surface area contributed by atoms with Crippen LogP contribution in [0.3, 0.4) is 0 Å². The van der Waals surface area contributed by atoms with Gasteiger partial charge in [-0.1, -0.05) is 77.1 Å². The Morgan fingerprint density at radius 3 is 1.94 bits per heavy atom. The highest BCUT2D eigenvalue weighted by molar-refractivity contribution is 5.23. The summed E-state index contributed by atoms with van der Waals surface area (Å²) >= 11 is 0. The maximum absolute atomic E-state index is 4.16. The molecule has 1 aromatic rings. The molecule has 0 saturated heterocycles. The van der Waals surface area contributed by atoms with Gasteiger partial charge in [0.2, 0.25) is 0 Å². The molecule has 0 aliphatic heterocycles.